The van der Waals surface area contributed by atoms with E-state index < -0.39 is 0 Å². The van der Waals surface area contributed by atoms with Crippen molar-refractivity contribution >= 4 is 6.03 Å². The van der Waals surface area contributed by atoms with E-state index in [1.807, 2.05) is 18.2 Å². The largest absolute Gasteiger partial charge is 0.329 e. The molecule has 1 N–H and O–H groups in total. The molecule has 1 atom stereocenters. The van der Waals surface area contributed by atoms with Gasteiger partial charge in [0, 0.05) is 32.2 Å². The molecule has 1 unspecified atom stereocenters. The van der Waals surface area contributed by atoms with Crippen molar-refractivity contribution in [1.29, 1.82) is 0 Å². The maximum Gasteiger partial charge on any atom is 0.318 e. The molecule has 0 saturated carbocycles. The van der Waals surface area contributed by atoms with Gasteiger partial charge in [0.2, 0.25) is 0 Å². The first-order valence-electron chi connectivity index (χ1n) is 9.18. The molecular weight excluding hydrogens is 310 g/mol. The lowest BCUT2D eigenvalue weighted by Gasteiger charge is -2.36. The van der Waals surface area contributed by atoms with Crippen LogP contribution in [0.3, 0.4) is 0 Å². The number of urea groups is 1. The molecule has 0 bridgehead atoms. The van der Waals surface area contributed by atoms with Crippen LogP contribution in [0.1, 0.15) is 30.0 Å². The summed E-state index contributed by atoms with van der Waals surface area (Å²) in [6, 6.07) is 21.5. The normalized spacial score (nSPS) is 22.2. The third-order valence-electron chi connectivity index (χ3n) is 5.39. The van der Waals surface area contributed by atoms with Crippen molar-refractivity contribution in [3.8, 4) is 0 Å². The topological polar surface area (TPSA) is 35.6 Å². The second-order valence-corrected chi connectivity index (χ2v) is 7.06. The predicted octanol–water partition coefficient (Wildman–Crippen LogP) is 3.42. The van der Waals surface area contributed by atoms with Crippen LogP contribution < -0.4 is 5.32 Å². The molecule has 4 nitrogen and oxygen atoms in total. The van der Waals surface area contributed by atoms with Gasteiger partial charge in [-0.25, -0.2) is 4.79 Å². The number of rotatable bonds is 4. The molecule has 2 aliphatic rings. The summed E-state index contributed by atoms with van der Waals surface area (Å²) in [7, 11) is 0. The molecule has 2 heterocycles. The first-order chi connectivity index (χ1) is 12.3. The Labute approximate surface area is 149 Å². The Hall–Kier alpha value is -2.33. The number of nitrogens with zero attached hydrogens (tertiary/aromatic N) is 2. The number of hydrogen-bond acceptors (Lipinski definition) is 2. The maximum atomic E-state index is 12.4. The standard InChI is InChI=1S/C21H25N3O/c25-21-22-20(18-9-5-2-6-10-18)16-24(21)19-11-13-23(14-12-19)15-17-7-3-1-4-8-17/h1-10,19-20H,11-16H2,(H,22,25). The first kappa shape index (κ1) is 16.2. The van der Waals surface area contributed by atoms with Gasteiger partial charge in [-0.2, -0.15) is 0 Å². The summed E-state index contributed by atoms with van der Waals surface area (Å²) in [4.78, 5) is 17.0. The number of piperidine rings is 1. The van der Waals surface area contributed by atoms with Crippen LogP contribution in [0.15, 0.2) is 60.7 Å². The SMILES string of the molecule is O=C1NC(c2ccccc2)CN1C1CCN(Cc2ccccc2)CC1. The van der Waals surface area contributed by atoms with Crippen molar-refractivity contribution in [2.24, 2.45) is 0 Å². The summed E-state index contributed by atoms with van der Waals surface area (Å²) in [6.45, 7) is 3.90. The highest BCUT2D eigenvalue weighted by atomic mass is 16.2. The van der Waals surface area contributed by atoms with Crippen LogP contribution in [-0.4, -0.2) is 41.5 Å². The Balaban J connectivity index is 1.32. The minimum absolute atomic E-state index is 0.0929. The minimum atomic E-state index is 0.0929. The molecule has 0 radical (unpaired) electrons. The Morgan fingerprint density at radius 2 is 1.56 bits per heavy atom. The molecule has 0 aliphatic carbocycles. The Bertz CT molecular complexity index is 696. The molecule has 2 fully saturated rings. The molecule has 2 aromatic rings. The van der Waals surface area contributed by atoms with E-state index in [0.717, 1.165) is 39.0 Å². The highest BCUT2D eigenvalue weighted by molar-refractivity contribution is 5.77. The molecule has 25 heavy (non-hydrogen) atoms. The van der Waals surface area contributed by atoms with Crippen molar-refractivity contribution in [3.05, 3.63) is 71.8 Å². The zero-order chi connectivity index (χ0) is 17.1. The van der Waals surface area contributed by atoms with Crippen LogP contribution in [0.2, 0.25) is 0 Å². The van der Waals surface area contributed by atoms with Gasteiger partial charge in [-0.15, -0.1) is 0 Å². The van der Waals surface area contributed by atoms with Gasteiger partial charge in [0.15, 0.2) is 0 Å². The quantitative estimate of drug-likeness (QED) is 0.929. The molecular formula is C21H25N3O. The van der Waals surface area contributed by atoms with Gasteiger partial charge in [-0.3, -0.25) is 4.90 Å². The molecule has 130 valence electrons. The predicted molar refractivity (Wildman–Crippen MR) is 99.2 cm³/mol. The van der Waals surface area contributed by atoms with Crippen molar-refractivity contribution < 1.29 is 4.79 Å². The van der Waals surface area contributed by atoms with E-state index in [4.69, 9.17) is 0 Å². The van der Waals surface area contributed by atoms with Gasteiger partial charge in [0.25, 0.3) is 0 Å². The zero-order valence-electron chi connectivity index (χ0n) is 14.5. The zero-order valence-corrected chi connectivity index (χ0v) is 14.5. The Morgan fingerprint density at radius 1 is 0.920 bits per heavy atom. The molecule has 2 aliphatic heterocycles. The molecule has 2 saturated heterocycles. The molecule has 0 spiro atoms. The Morgan fingerprint density at radius 3 is 2.24 bits per heavy atom. The van der Waals surface area contributed by atoms with Crippen LogP contribution in [0.4, 0.5) is 4.79 Å². The van der Waals surface area contributed by atoms with Gasteiger partial charge < -0.3 is 10.2 Å². The van der Waals surface area contributed by atoms with E-state index in [-0.39, 0.29) is 12.1 Å². The van der Waals surface area contributed by atoms with Gasteiger partial charge in [0.05, 0.1) is 6.04 Å². The lowest BCUT2D eigenvalue weighted by atomic mass is 10.0. The van der Waals surface area contributed by atoms with Crippen LogP contribution in [0.5, 0.6) is 0 Å². The van der Waals surface area contributed by atoms with Crippen molar-refractivity contribution in [1.82, 2.24) is 15.1 Å². The number of likely N-dealkylation sites (tertiary alicyclic amines) is 1. The molecule has 2 aromatic carbocycles. The highest BCUT2D eigenvalue weighted by Gasteiger charge is 2.35. The summed E-state index contributed by atoms with van der Waals surface area (Å²) in [5.41, 5.74) is 2.56. The second kappa shape index (κ2) is 7.28. The lowest BCUT2D eigenvalue weighted by Crippen LogP contribution is -2.45. The summed E-state index contributed by atoms with van der Waals surface area (Å²) in [6.07, 6.45) is 2.11. The number of carbonyl (C=O) groups excluding carboxylic acids is 1. The van der Waals surface area contributed by atoms with E-state index in [1.54, 1.807) is 0 Å². The summed E-state index contributed by atoms with van der Waals surface area (Å²) in [5.74, 6) is 0. The van der Waals surface area contributed by atoms with Crippen LogP contribution in [0.25, 0.3) is 0 Å². The summed E-state index contributed by atoms with van der Waals surface area (Å²) in [5, 5.41) is 3.14. The Kier molecular flexibility index (Phi) is 4.70. The number of benzene rings is 2. The average molecular weight is 335 g/mol. The van der Waals surface area contributed by atoms with Crippen LogP contribution in [-0.2, 0) is 6.54 Å². The minimum Gasteiger partial charge on any atom is -0.329 e. The van der Waals surface area contributed by atoms with Crippen LogP contribution >= 0.6 is 0 Å². The van der Waals surface area contributed by atoms with E-state index >= 15 is 0 Å². The second-order valence-electron chi connectivity index (χ2n) is 7.06. The smallest absolute Gasteiger partial charge is 0.318 e. The van der Waals surface area contributed by atoms with Crippen molar-refractivity contribution in [2.45, 2.75) is 31.5 Å². The molecule has 4 heteroatoms. The van der Waals surface area contributed by atoms with Gasteiger partial charge >= 0.3 is 6.03 Å². The lowest BCUT2D eigenvalue weighted by molar-refractivity contribution is 0.131. The fourth-order valence-electron chi connectivity index (χ4n) is 3.98. The summed E-state index contributed by atoms with van der Waals surface area (Å²) < 4.78 is 0. The molecule has 0 aromatic heterocycles. The fourth-order valence-corrected chi connectivity index (χ4v) is 3.98. The number of amides is 2. The fraction of sp³-hybridized carbons (Fsp3) is 0.381. The molecule has 4 rings (SSSR count). The van der Waals surface area contributed by atoms with E-state index in [0.29, 0.717) is 6.04 Å². The van der Waals surface area contributed by atoms with E-state index in [9.17, 15) is 4.79 Å². The van der Waals surface area contributed by atoms with Gasteiger partial charge in [0.1, 0.15) is 0 Å². The summed E-state index contributed by atoms with van der Waals surface area (Å²) >= 11 is 0. The maximum absolute atomic E-state index is 12.4. The molecule has 2 amide bonds. The first-order valence-corrected chi connectivity index (χ1v) is 9.18. The third-order valence-corrected chi connectivity index (χ3v) is 5.39. The number of nitrogens with one attached hydrogen (secondary N) is 1. The van der Waals surface area contributed by atoms with Crippen molar-refractivity contribution in [2.75, 3.05) is 19.6 Å². The van der Waals surface area contributed by atoms with Gasteiger partial charge in [-0.1, -0.05) is 60.7 Å². The monoisotopic (exact) mass is 335 g/mol. The number of hydrogen-bond donors (Lipinski definition) is 1. The van der Waals surface area contributed by atoms with Crippen molar-refractivity contribution in [3.63, 3.8) is 0 Å². The third kappa shape index (κ3) is 3.69. The van der Waals surface area contributed by atoms with E-state index in [1.165, 1.54) is 11.1 Å². The van der Waals surface area contributed by atoms with E-state index in [2.05, 4.69) is 57.6 Å². The number of carbonyl (C=O) groups is 1. The van der Waals surface area contributed by atoms with Crippen LogP contribution in [0, 0.1) is 0 Å². The highest BCUT2D eigenvalue weighted by Crippen LogP contribution is 2.26. The van der Waals surface area contributed by atoms with Gasteiger partial charge in [-0.05, 0) is 24.0 Å². The average Bonchev–Trinajstić information content (AvgIpc) is 3.06.